The van der Waals surface area contributed by atoms with Crippen molar-refractivity contribution >= 4 is 17.5 Å². The highest BCUT2D eigenvalue weighted by atomic mass is 32.2. The molecule has 0 bridgehead atoms. The summed E-state index contributed by atoms with van der Waals surface area (Å²) in [7, 11) is 0. The van der Waals surface area contributed by atoms with Crippen LogP contribution in [-0.4, -0.2) is 16.3 Å². The molecule has 0 aromatic carbocycles. The molecular weight excluding hydrogens is 144 g/mol. The van der Waals surface area contributed by atoms with Crippen LogP contribution in [0.5, 0.6) is 0 Å². The first-order valence-corrected chi connectivity index (χ1v) is 4.54. The van der Waals surface area contributed by atoms with Crippen LogP contribution in [0.1, 0.15) is 34.1 Å². The molecule has 0 rings (SSSR count). The van der Waals surface area contributed by atoms with E-state index >= 15 is 0 Å². The van der Waals surface area contributed by atoms with Crippen LogP contribution >= 0.6 is 11.8 Å². The molecule has 0 amide bonds. The third-order valence-electron chi connectivity index (χ3n) is 0.989. The molecule has 60 valence electrons. The topological polar surface area (TPSA) is 17.1 Å². The molecule has 1 nitrogen and oxygen atoms in total. The van der Waals surface area contributed by atoms with Gasteiger partial charge in [0.25, 0.3) is 0 Å². The Morgan fingerprint density at radius 3 is 2.20 bits per heavy atom. The zero-order valence-electron chi connectivity index (χ0n) is 7.23. The van der Waals surface area contributed by atoms with Gasteiger partial charge in [-0.05, 0) is 6.92 Å². The second-order valence-corrected chi connectivity index (χ2v) is 5.33. The quantitative estimate of drug-likeness (QED) is 0.631. The lowest BCUT2D eigenvalue weighted by Crippen LogP contribution is -2.09. The van der Waals surface area contributed by atoms with Gasteiger partial charge in [0.15, 0.2) is 0 Å². The summed E-state index contributed by atoms with van der Waals surface area (Å²) in [5.41, 5.74) is 0. The SMILES string of the molecule is CC(=O)CCSC(C)(C)C. The van der Waals surface area contributed by atoms with Crippen LogP contribution in [0.3, 0.4) is 0 Å². The van der Waals surface area contributed by atoms with Crippen molar-refractivity contribution in [1.82, 2.24) is 0 Å². The smallest absolute Gasteiger partial charge is 0.130 e. The fraction of sp³-hybridized carbons (Fsp3) is 0.875. The van der Waals surface area contributed by atoms with Crippen molar-refractivity contribution in [2.45, 2.75) is 38.9 Å². The number of hydrogen-bond acceptors (Lipinski definition) is 2. The first-order chi connectivity index (χ1) is 4.42. The summed E-state index contributed by atoms with van der Waals surface area (Å²) in [5.74, 6) is 1.25. The number of rotatable bonds is 3. The third kappa shape index (κ3) is 8.02. The van der Waals surface area contributed by atoms with E-state index < -0.39 is 0 Å². The maximum absolute atomic E-state index is 10.5. The third-order valence-corrected chi connectivity index (χ3v) is 2.26. The molecule has 0 aliphatic rings. The van der Waals surface area contributed by atoms with Crippen molar-refractivity contribution in [2.75, 3.05) is 5.75 Å². The minimum atomic E-state index is 0.289. The highest BCUT2D eigenvalue weighted by Gasteiger charge is 2.09. The molecule has 0 saturated carbocycles. The van der Waals surface area contributed by atoms with E-state index in [9.17, 15) is 4.79 Å². The number of carbonyl (C=O) groups is 1. The van der Waals surface area contributed by atoms with Crippen LogP contribution in [0, 0.1) is 0 Å². The molecule has 2 heteroatoms. The van der Waals surface area contributed by atoms with E-state index in [2.05, 4.69) is 20.8 Å². The van der Waals surface area contributed by atoms with E-state index in [1.165, 1.54) is 0 Å². The summed E-state index contributed by atoms with van der Waals surface area (Å²) in [6, 6.07) is 0. The van der Waals surface area contributed by atoms with Crippen LogP contribution in [0.25, 0.3) is 0 Å². The van der Waals surface area contributed by atoms with Gasteiger partial charge in [0.1, 0.15) is 5.78 Å². The average Bonchev–Trinajstić information content (AvgIpc) is 1.59. The molecule has 0 aliphatic carbocycles. The number of Topliss-reactive ketones (excluding diaryl/α,β-unsaturated/α-hetero) is 1. The molecule has 0 heterocycles. The minimum absolute atomic E-state index is 0.289. The van der Waals surface area contributed by atoms with E-state index in [1.807, 2.05) is 11.8 Å². The van der Waals surface area contributed by atoms with Crippen molar-refractivity contribution in [3.05, 3.63) is 0 Å². The van der Waals surface area contributed by atoms with Gasteiger partial charge in [-0.2, -0.15) is 11.8 Å². The molecule has 0 fully saturated rings. The van der Waals surface area contributed by atoms with E-state index in [4.69, 9.17) is 0 Å². The molecule has 0 saturated heterocycles. The molecule has 10 heavy (non-hydrogen) atoms. The summed E-state index contributed by atoms with van der Waals surface area (Å²) < 4.78 is 0.301. The summed E-state index contributed by atoms with van der Waals surface area (Å²) in [5, 5.41) is 0. The number of carbonyl (C=O) groups excluding carboxylic acids is 1. The second kappa shape index (κ2) is 4.02. The maximum atomic E-state index is 10.5. The Kier molecular flexibility index (Phi) is 4.02. The van der Waals surface area contributed by atoms with Crippen molar-refractivity contribution in [3.63, 3.8) is 0 Å². The zero-order chi connectivity index (χ0) is 8.20. The van der Waals surface area contributed by atoms with Crippen molar-refractivity contribution < 1.29 is 4.79 Å². The molecule has 0 unspecified atom stereocenters. The van der Waals surface area contributed by atoms with Gasteiger partial charge in [-0.1, -0.05) is 20.8 Å². The van der Waals surface area contributed by atoms with Crippen molar-refractivity contribution in [3.8, 4) is 0 Å². The van der Waals surface area contributed by atoms with Crippen LogP contribution in [0.2, 0.25) is 0 Å². The fourth-order valence-corrected chi connectivity index (χ4v) is 1.50. The van der Waals surface area contributed by atoms with Crippen LogP contribution < -0.4 is 0 Å². The Bertz CT molecular complexity index is 113. The summed E-state index contributed by atoms with van der Waals surface area (Å²) in [6.45, 7) is 8.14. The fourth-order valence-electron chi connectivity index (χ4n) is 0.501. The van der Waals surface area contributed by atoms with E-state index in [1.54, 1.807) is 6.92 Å². The number of thioether (sulfide) groups is 1. The van der Waals surface area contributed by atoms with Gasteiger partial charge in [-0.25, -0.2) is 0 Å². The molecule has 0 aliphatic heterocycles. The van der Waals surface area contributed by atoms with Gasteiger partial charge in [0.2, 0.25) is 0 Å². The first-order valence-electron chi connectivity index (χ1n) is 3.55. The van der Waals surface area contributed by atoms with Gasteiger partial charge in [-0.3, -0.25) is 4.79 Å². The monoisotopic (exact) mass is 160 g/mol. The number of hydrogen-bond donors (Lipinski definition) is 0. The lowest BCUT2D eigenvalue weighted by atomic mass is 10.3. The summed E-state index contributed by atoms with van der Waals surface area (Å²) in [4.78, 5) is 10.5. The van der Waals surface area contributed by atoms with Crippen molar-refractivity contribution in [2.24, 2.45) is 0 Å². The van der Waals surface area contributed by atoms with E-state index in [0.29, 0.717) is 11.2 Å². The van der Waals surface area contributed by atoms with Gasteiger partial charge >= 0.3 is 0 Å². The van der Waals surface area contributed by atoms with E-state index in [0.717, 1.165) is 5.75 Å². The van der Waals surface area contributed by atoms with Crippen molar-refractivity contribution in [1.29, 1.82) is 0 Å². The normalized spacial score (nSPS) is 11.6. The maximum Gasteiger partial charge on any atom is 0.130 e. The zero-order valence-corrected chi connectivity index (χ0v) is 8.05. The molecular formula is C8H16OS. The molecule has 0 radical (unpaired) electrons. The Hall–Kier alpha value is 0.0200. The Morgan fingerprint density at radius 1 is 1.40 bits per heavy atom. The highest BCUT2D eigenvalue weighted by Crippen LogP contribution is 2.23. The lowest BCUT2D eigenvalue weighted by molar-refractivity contribution is -0.116. The van der Waals surface area contributed by atoms with Gasteiger partial charge < -0.3 is 0 Å². The second-order valence-electron chi connectivity index (χ2n) is 3.41. The average molecular weight is 160 g/mol. The van der Waals surface area contributed by atoms with Crippen LogP contribution in [0.4, 0.5) is 0 Å². The molecule has 0 aromatic rings. The van der Waals surface area contributed by atoms with E-state index in [-0.39, 0.29) is 5.78 Å². The largest absolute Gasteiger partial charge is 0.300 e. The molecule has 0 aromatic heterocycles. The molecule has 0 spiro atoms. The summed E-state index contributed by atoms with van der Waals surface area (Å²) >= 11 is 1.84. The Morgan fingerprint density at radius 2 is 1.90 bits per heavy atom. The number of ketones is 1. The Labute approximate surface area is 67.6 Å². The first kappa shape index (κ1) is 10.0. The standard InChI is InChI=1S/C8H16OS/c1-7(9)5-6-10-8(2,3)4/h5-6H2,1-4H3. The van der Waals surface area contributed by atoms with Crippen LogP contribution in [0.15, 0.2) is 0 Å². The predicted octanol–water partition coefficient (Wildman–Crippen LogP) is 2.50. The molecule has 0 N–H and O–H groups in total. The van der Waals surface area contributed by atoms with Gasteiger partial charge in [0.05, 0.1) is 0 Å². The highest BCUT2D eigenvalue weighted by molar-refractivity contribution is 8.00. The predicted molar refractivity (Wildman–Crippen MR) is 47.5 cm³/mol. The van der Waals surface area contributed by atoms with Crippen LogP contribution in [-0.2, 0) is 4.79 Å². The summed E-state index contributed by atoms with van der Waals surface area (Å²) in [6.07, 6.45) is 0.710. The van der Waals surface area contributed by atoms with Gasteiger partial charge in [-0.15, -0.1) is 0 Å². The van der Waals surface area contributed by atoms with Gasteiger partial charge in [0, 0.05) is 16.9 Å². The molecule has 0 atom stereocenters. The Balaban J connectivity index is 3.29. The minimum Gasteiger partial charge on any atom is -0.300 e. The lowest BCUT2D eigenvalue weighted by Gasteiger charge is -2.16.